The molecule has 0 saturated carbocycles. The molecule has 2 rings (SSSR count). The van der Waals surface area contributed by atoms with Crippen LogP contribution in [0.2, 0.25) is 0 Å². The normalized spacial score (nSPS) is 10.3. The second kappa shape index (κ2) is 10.1. The van der Waals surface area contributed by atoms with E-state index >= 15 is 0 Å². The molecule has 2 aromatic rings. The summed E-state index contributed by atoms with van der Waals surface area (Å²) in [6.07, 6.45) is 0. The van der Waals surface area contributed by atoms with Gasteiger partial charge in [0.05, 0.1) is 18.8 Å². The lowest BCUT2D eigenvalue weighted by molar-refractivity contribution is -0.140. The molecule has 0 atom stereocenters. The Hall–Kier alpha value is -3.12. The Kier molecular flexibility index (Phi) is 7.58. The maximum Gasteiger partial charge on any atom is 0.333 e. The van der Waals surface area contributed by atoms with E-state index in [1.165, 1.54) is 12.1 Å². The third-order valence-corrected chi connectivity index (χ3v) is 3.56. The molecule has 0 bridgehead atoms. The van der Waals surface area contributed by atoms with Gasteiger partial charge in [-0.1, -0.05) is 36.9 Å². The number of aromatic hydroxyl groups is 1. The highest BCUT2D eigenvalue weighted by atomic mass is 16.6. The lowest BCUT2D eigenvalue weighted by atomic mass is 10.0. The number of ether oxygens (including phenoxy) is 3. The van der Waals surface area contributed by atoms with Gasteiger partial charge in [-0.2, -0.15) is 0 Å². The lowest BCUT2D eigenvalue weighted by Gasteiger charge is -2.10. The van der Waals surface area contributed by atoms with Crippen LogP contribution >= 0.6 is 0 Å². The minimum atomic E-state index is -0.449. The first kappa shape index (κ1) is 20.2. The fourth-order valence-electron chi connectivity index (χ4n) is 2.18. The van der Waals surface area contributed by atoms with Crippen LogP contribution in [0.25, 0.3) is 0 Å². The number of hydrogen-bond acceptors (Lipinski definition) is 6. The van der Waals surface area contributed by atoms with Crippen molar-refractivity contribution in [3.05, 3.63) is 71.8 Å². The Balaban J connectivity index is 1.75. The van der Waals surface area contributed by atoms with Gasteiger partial charge in [-0.15, -0.1) is 0 Å². The highest BCUT2D eigenvalue weighted by Gasteiger charge is 2.14. The molecular formula is C21H22O6. The van der Waals surface area contributed by atoms with Crippen molar-refractivity contribution in [1.29, 1.82) is 0 Å². The first-order chi connectivity index (χ1) is 13.0. The van der Waals surface area contributed by atoms with Crippen LogP contribution in [0.15, 0.2) is 60.7 Å². The van der Waals surface area contributed by atoms with Gasteiger partial charge >= 0.3 is 5.97 Å². The molecule has 6 nitrogen and oxygen atoms in total. The molecule has 0 fully saturated rings. The summed E-state index contributed by atoms with van der Waals surface area (Å²) in [5.41, 5.74) is 1.05. The quantitative estimate of drug-likeness (QED) is 0.299. The zero-order valence-corrected chi connectivity index (χ0v) is 15.1. The summed E-state index contributed by atoms with van der Waals surface area (Å²) in [7, 11) is 0. The first-order valence-corrected chi connectivity index (χ1v) is 8.45. The molecule has 0 aliphatic carbocycles. The first-order valence-electron chi connectivity index (χ1n) is 8.45. The number of carbonyl (C=O) groups is 2. The van der Waals surface area contributed by atoms with E-state index in [1.54, 1.807) is 37.3 Å². The van der Waals surface area contributed by atoms with Gasteiger partial charge in [0.25, 0.3) is 0 Å². The molecule has 2 aromatic carbocycles. The van der Waals surface area contributed by atoms with E-state index in [2.05, 4.69) is 6.58 Å². The number of phenolic OH excluding ortho intramolecular Hbond substituents is 1. The topological polar surface area (TPSA) is 82.1 Å². The number of benzene rings is 2. The number of rotatable bonds is 10. The van der Waals surface area contributed by atoms with Gasteiger partial charge in [0.1, 0.15) is 24.7 Å². The van der Waals surface area contributed by atoms with E-state index in [-0.39, 0.29) is 43.5 Å². The average molecular weight is 370 g/mol. The highest BCUT2D eigenvalue weighted by Crippen LogP contribution is 2.25. The molecule has 0 unspecified atom stereocenters. The summed E-state index contributed by atoms with van der Waals surface area (Å²) >= 11 is 0. The van der Waals surface area contributed by atoms with Gasteiger partial charge in [-0.05, 0) is 19.1 Å². The van der Waals surface area contributed by atoms with Gasteiger partial charge in [0.2, 0.25) is 0 Å². The average Bonchev–Trinajstić information content (AvgIpc) is 2.67. The van der Waals surface area contributed by atoms with Crippen molar-refractivity contribution in [2.45, 2.75) is 6.92 Å². The summed E-state index contributed by atoms with van der Waals surface area (Å²) in [5.74, 6) is -0.425. The molecule has 0 radical (unpaired) electrons. The Morgan fingerprint density at radius 2 is 1.70 bits per heavy atom. The number of esters is 1. The SMILES string of the molecule is C=C(C)C(=O)OCCOCCOc1ccc(C(=O)c2ccccc2)c(O)c1. The smallest absolute Gasteiger partial charge is 0.333 e. The predicted molar refractivity (Wildman–Crippen MR) is 100 cm³/mol. The van der Waals surface area contributed by atoms with Gasteiger partial charge in [0.15, 0.2) is 5.78 Å². The van der Waals surface area contributed by atoms with E-state index in [0.29, 0.717) is 16.9 Å². The highest BCUT2D eigenvalue weighted by molar-refractivity contribution is 6.10. The van der Waals surface area contributed by atoms with Crippen LogP contribution in [0.3, 0.4) is 0 Å². The van der Waals surface area contributed by atoms with Crippen molar-refractivity contribution in [2.24, 2.45) is 0 Å². The van der Waals surface area contributed by atoms with Gasteiger partial charge in [0, 0.05) is 17.2 Å². The van der Waals surface area contributed by atoms with Crippen molar-refractivity contribution >= 4 is 11.8 Å². The summed E-state index contributed by atoms with van der Waals surface area (Å²) in [6, 6.07) is 13.3. The van der Waals surface area contributed by atoms with Crippen LogP contribution in [0.5, 0.6) is 11.5 Å². The van der Waals surface area contributed by atoms with Gasteiger partial charge in [-0.25, -0.2) is 4.79 Å². The molecular weight excluding hydrogens is 348 g/mol. The molecule has 142 valence electrons. The monoisotopic (exact) mass is 370 g/mol. The third-order valence-electron chi connectivity index (χ3n) is 3.56. The largest absolute Gasteiger partial charge is 0.507 e. The molecule has 0 aliphatic rings. The minimum Gasteiger partial charge on any atom is -0.507 e. The summed E-state index contributed by atoms with van der Waals surface area (Å²) in [6.45, 7) is 5.98. The molecule has 0 amide bonds. The van der Waals surface area contributed by atoms with Crippen LogP contribution < -0.4 is 4.74 Å². The van der Waals surface area contributed by atoms with Crippen molar-refractivity contribution in [3.63, 3.8) is 0 Å². The van der Waals surface area contributed by atoms with Crippen LogP contribution in [-0.4, -0.2) is 43.3 Å². The van der Waals surface area contributed by atoms with Gasteiger partial charge in [-0.3, -0.25) is 4.79 Å². The minimum absolute atomic E-state index is 0.142. The Labute approximate surface area is 158 Å². The number of phenols is 1. The van der Waals surface area contributed by atoms with Crippen molar-refractivity contribution in [1.82, 2.24) is 0 Å². The fourth-order valence-corrected chi connectivity index (χ4v) is 2.18. The number of ketones is 1. The second-order valence-corrected chi connectivity index (χ2v) is 5.75. The second-order valence-electron chi connectivity index (χ2n) is 5.75. The van der Waals surface area contributed by atoms with E-state index in [0.717, 1.165) is 0 Å². The molecule has 0 spiro atoms. The maximum atomic E-state index is 12.4. The van der Waals surface area contributed by atoms with Crippen molar-refractivity contribution in [3.8, 4) is 11.5 Å². The zero-order valence-electron chi connectivity index (χ0n) is 15.1. The lowest BCUT2D eigenvalue weighted by Crippen LogP contribution is -2.13. The van der Waals surface area contributed by atoms with Crippen LogP contribution in [0.4, 0.5) is 0 Å². The predicted octanol–water partition coefficient (Wildman–Crippen LogP) is 3.14. The standard InChI is InChI=1S/C21H22O6/c1-15(2)21(24)27-13-11-25-10-12-26-17-8-9-18(19(22)14-17)20(23)16-6-4-3-5-7-16/h3-9,14,22H,1,10-13H2,2H3. The summed E-state index contributed by atoms with van der Waals surface area (Å²) < 4.78 is 15.6. The van der Waals surface area contributed by atoms with E-state index < -0.39 is 5.97 Å². The molecule has 6 heteroatoms. The fraction of sp³-hybridized carbons (Fsp3) is 0.238. The zero-order chi connectivity index (χ0) is 19.6. The van der Waals surface area contributed by atoms with Crippen LogP contribution in [0, 0.1) is 0 Å². The number of hydrogen-bond donors (Lipinski definition) is 1. The van der Waals surface area contributed by atoms with E-state index in [4.69, 9.17) is 14.2 Å². The molecule has 27 heavy (non-hydrogen) atoms. The van der Waals surface area contributed by atoms with Crippen molar-refractivity contribution in [2.75, 3.05) is 26.4 Å². The molecule has 0 heterocycles. The molecule has 0 saturated heterocycles. The molecule has 1 N–H and O–H groups in total. The van der Waals surface area contributed by atoms with Crippen LogP contribution in [-0.2, 0) is 14.3 Å². The molecule has 0 aromatic heterocycles. The van der Waals surface area contributed by atoms with Crippen LogP contribution in [0.1, 0.15) is 22.8 Å². The Morgan fingerprint density at radius 3 is 2.37 bits per heavy atom. The molecule has 0 aliphatic heterocycles. The Bertz CT molecular complexity index is 798. The van der Waals surface area contributed by atoms with E-state index in [9.17, 15) is 14.7 Å². The maximum absolute atomic E-state index is 12.4. The van der Waals surface area contributed by atoms with E-state index in [1.807, 2.05) is 6.07 Å². The summed E-state index contributed by atoms with van der Waals surface area (Å²) in [5, 5.41) is 10.1. The number of carbonyl (C=O) groups excluding carboxylic acids is 2. The third kappa shape index (κ3) is 6.27. The van der Waals surface area contributed by atoms with Gasteiger partial charge < -0.3 is 19.3 Å². The summed E-state index contributed by atoms with van der Waals surface area (Å²) in [4.78, 5) is 23.5. The van der Waals surface area contributed by atoms with Crippen molar-refractivity contribution < 1.29 is 28.9 Å². The Morgan fingerprint density at radius 1 is 1.00 bits per heavy atom.